The van der Waals surface area contributed by atoms with E-state index in [1.54, 1.807) is 30.5 Å². The molecule has 9 heteroatoms. The zero-order valence-electron chi connectivity index (χ0n) is 22.3. The molecule has 1 fully saturated rings. The third kappa shape index (κ3) is 5.88. The molecular formula is C29H36N2O6S. The maximum atomic E-state index is 13.9. The van der Waals surface area contributed by atoms with Gasteiger partial charge in [-0.25, -0.2) is 0 Å². The van der Waals surface area contributed by atoms with Crippen LogP contribution in [0, 0.1) is 11.3 Å². The Morgan fingerprint density at radius 3 is 2.66 bits per heavy atom. The molecule has 1 aliphatic carbocycles. The Hall–Kier alpha value is -3.33. The molecule has 1 saturated heterocycles. The lowest BCUT2D eigenvalue weighted by Gasteiger charge is -2.46. The molecule has 2 heterocycles. The van der Waals surface area contributed by atoms with Gasteiger partial charge in [-0.15, -0.1) is 11.3 Å². The molecule has 1 N–H and O–H groups in total. The van der Waals surface area contributed by atoms with Crippen LogP contribution in [0.15, 0.2) is 47.5 Å². The Labute approximate surface area is 227 Å². The smallest absolute Gasteiger partial charge is 0.317 e. The molecule has 1 aromatic heterocycles. The van der Waals surface area contributed by atoms with Gasteiger partial charge >= 0.3 is 5.97 Å². The van der Waals surface area contributed by atoms with Crippen molar-refractivity contribution in [3.8, 4) is 11.5 Å². The Morgan fingerprint density at radius 2 is 1.95 bits per heavy atom. The van der Waals surface area contributed by atoms with Crippen molar-refractivity contribution in [2.45, 2.75) is 51.5 Å². The molecule has 0 bridgehead atoms. The number of thiophene rings is 1. The van der Waals surface area contributed by atoms with Crippen molar-refractivity contribution in [3.63, 3.8) is 0 Å². The van der Waals surface area contributed by atoms with E-state index in [4.69, 9.17) is 14.2 Å². The van der Waals surface area contributed by atoms with E-state index < -0.39 is 11.3 Å². The van der Waals surface area contributed by atoms with Crippen LogP contribution in [-0.4, -0.2) is 50.6 Å². The second-order valence-electron chi connectivity index (χ2n) is 9.80. The lowest BCUT2D eigenvalue weighted by atomic mass is 9.69. The van der Waals surface area contributed by atoms with Crippen molar-refractivity contribution in [2.24, 2.45) is 11.3 Å². The number of likely N-dealkylation sites (tertiary alicyclic amines) is 1. The van der Waals surface area contributed by atoms with E-state index in [0.29, 0.717) is 37.4 Å². The quantitative estimate of drug-likeness (QED) is 0.447. The number of allylic oxidation sites excluding steroid dienone is 1. The van der Waals surface area contributed by atoms with Gasteiger partial charge in [-0.1, -0.05) is 24.6 Å². The van der Waals surface area contributed by atoms with E-state index in [1.165, 1.54) is 7.11 Å². The van der Waals surface area contributed by atoms with Crippen LogP contribution >= 0.6 is 11.3 Å². The van der Waals surface area contributed by atoms with Gasteiger partial charge in [-0.05, 0) is 61.2 Å². The number of methoxy groups -OCH3 is 3. The summed E-state index contributed by atoms with van der Waals surface area (Å²) < 4.78 is 16.1. The van der Waals surface area contributed by atoms with Crippen LogP contribution in [0.4, 0.5) is 0 Å². The largest absolute Gasteiger partial charge is 0.493 e. The maximum absolute atomic E-state index is 13.9. The summed E-state index contributed by atoms with van der Waals surface area (Å²) in [5.41, 5.74) is 0.766. The Morgan fingerprint density at radius 1 is 1.13 bits per heavy atom. The highest BCUT2D eigenvalue weighted by Gasteiger charge is 2.53. The number of rotatable bonds is 10. The number of ether oxygens (including phenoxy) is 3. The third-order valence-corrected chi connectivity index (χ3v) is 8.38. The number of nitrogens with one attached hydrogen (secondary N) is 1. The van der Waals surface area contributed by atoms with E-state index in [2.05, 4.69) is 5.32 Å². The van der Waals surface area contributed by atoms with E-state index in [0.717, 1.165) is 35.4 Å². The van der Waals surface area contributed by atoms with Gasteiger partial charge < -0.3 is 24.4 Å². The van der Waals surface area contributed by atoms with E-state index >= 15 is 0 Å². The molecule has 4 rings (SSSR count). The van der Waals surface area contributed by atoms with Gasteiger partial charge in [0, 0.05) is 29.5 Å². The summed E-state index contributed by atoms with van der Waals surface area (Å²) in [6, 6.07) is 9.59. The predicted octanol–water partition coefficient (Wildman–Crippen LogP) is 4.48. The first-order chi connectivity index (χ1) is 18.4. The molecule has 0 saturated carbocycles. The summed E-state index contributed by atoms with van der Waals surface area (Å²) in [5.74, 6) is -0.0126. The fourth-order valence-corrected chi connectivity index (χ4v) is 6.25. The summed E-state index contributed by atoms with van der Waals surface area (Å²) in [6.07, 6.45) is 6.07. The van der Waals surface area contributed by atoms with Crippen LogP contribution in [0.3, 0.4) is 0 Å². The van der Waals surface area contributed by atoms with Crippen LogP contribution in [0.25, 0.3) is 0 Å². The van der Waals surface area contributed by atoms with Gasteiger partial charge in [0.2, 0.25) is 11.8 Å². The molecular weight excluding hydrogens is 504 g/mol. The van der Waals surface area contributed by atoms with E-state index in [9.17, 15) is 14.4 Å². The molecule has 1 aromatic carbocycles. The van der Waals surface area contributed by atoms with Crippen molar-refractivity contribution < 1.29 is 28.6 Å². The summed E-state index contributed by atoms with van der Waals surface area (Å²) >= 11 is 1.57. The molecule has 0 radical (unpaired) electrons. The van der Waals surface area contributed by atoms with E-state index in [-0.39, 0.29) is 30.6 Å². The highest BCUT2D eigenvalue weighted by molar-refractivity contribution is 7.09. The van der Waals surface area contributed by atoms with Gasteiger partial charge in [-0.2, -0.15) is 0 Å². The van der Waals surface area contributed by atoms with Crippen molar-refractivity contribution in [3.05, 3.63) is 57.9 Å². The van der Waals surface area contributed by atoms with Crippen molar-refractivity contribution in [2.75, 3.05) is 27.9 Å². The molecule has 2 aromatic rings. The highest BCUT2D eigenvalue weighted by Crippen LogP contribution is 2.49. The number of hydrogen-bond acceptors (Lipinski definition) is 7. The zero-order chi connectivity index (χ0) is 27.1. The lowest BCUT2D eigenvalue weighted by molar-refractivity contribution is -0.159. The Balaban J connectivity index is 1.59. The molecule has 0 unspecified atom stereocenters. The number of carbonyl (C=O) groups excluding carboxylic acids is 3. The van der Waals surface area contributed by atoms with Crippen molar-refractivity contribution in [1.29, 1.82) is 0 Å². The number of carbonyl (C=O) groups is 3. The SMILES string of the molecule is COC(=O)[C@]12CCCCC=C1N(CCc1ccc(OC)c(OC)c1)C(=O)[C@H](CC(=O)NCc1cccs1)C2. The minimum atomic E-state index is -0.935. The summed E-state index contributed by atoms with van der Waals surface area (Å²) in [5, 5.41) is 4.89. The highest BCUT2D eigenvalue weighted by atomic mass is 32.1. The predicted molar refractivity (Wildman–Crippen MR) is 145 cm³/mol. The minimum Gasteiger partial charge on any atom is -0.493 e. The first-order valence-electron chi connectivity index (χ1n) is 13.0. The molecule has 0 spiro atoms. The molecule has 8 nitrogen and oxygen atoms in total. The normalized spacial score (nSPS) is 21.1. The summed E-state index contributed by atoms with van der Waals surface area (Å²) in [4.78, 5) is 42.9. The fourth-order valence-electron chi connectivity index (χ4n) is 5.60. The van der Waals surface area contributed by atoms with Gasteiger partial charge in [0.15, 0.2) is 11.5 Å². The number of esters is 1. The van der Waals surface area contributed by atoms with Gasteiger partial charge in [0.25, 0.3) is 0 Å². The number of amides is 2. The second kappa shape index (κ2) is 12.5. The Bertz CT molecular complexity index is 1180. The van der Waals surface area contributed by atoms with Gasteiger partial charge in [-0.3, -0.25) is 14.4 Å². The third-order valence-electron chi connectivity index (χ3n) is 7.51. The molecule has 2 aliphatic rings. The van der Waals surface area contributed by atoms with Crippen LogP contribution in [0.1, 0.15) is 49.0 Å². The lowest BCUT2D eigenvalue weighted by Crippen LogP contribution is -2.53. The van der Waals surface area contributed by atoms with Crippen molar-refractivity contribution in [1.82, 2.24) is 10.2 Å². The molecule has 204 valence electrons. The topological polar surface area (TPSA) is 94.2 Å². The molecule has 1 aliphatic heterocycles. The van der Waals surface area contributed by atoms with Crippen LogP contribution < -0.4 is 14.8 Å². The number of hydrogen-bond donors (Lipinski definition) is 1. The molecule has 2 atom stereocenters. The van der Waals surface area contributed by atoms with Crippen LogP contribution in [-0.2, 0) is 32.1 Å². The zero-order valence-corrected chi connectivity index (χ0v) is 23.1. The number of benzene rings is 1. The van der Waals surface area contributed by atoms with Crippen LogP contribution in [0.5, 0.6) is 11.5 Å². The number of piperidine rings is 1. The van der Waals surface area contributed by atoms with E-state index in [1.807, 2.05) is 41.8 Å². The minimum absolute atomic E-state index is 0.0308. The monoisotopic (exact) mass is 540 g/mol. The number of fused-ring (bicyclic) bond motifs is 1. The average Bonchev–Trinajstić information content (AvgIpc) is 3.37. The van der Waals surface area contributed by atoms with Crippen LogP contribution in [0.2, 0.25) is 0 Å². The first kappa shape index (κ1) is 27.7. The summed E-state index contributed by atoms with van der Waals surface area (Å²) in [6.45, 7) is 0.805. The summed E-state index contributed by atoms with van der Waals surface area (Å²) in [7, 11) is 4.57. The van der Waals surface area contributed by atoms with Crippen molar-refractivity contribution >= 4 is 29.1 Å². The molecule has 2 amide bonds. The molecule has 38 heavy (non-hydrogen) atoms. The first-order valence-corrected chi connectivity index (χ1v) is 13.9. The number of nitrogens with zero attached hydrogens (tertiary/aromatic N) is 1. The average molecular weight is 541 g/mol. The Kier molecular flexibility index (Phi) is 9.09. The second-order valence-corrected chi connectivity index (χ2v) is 10.8. The van der Waals surface area contributed by atoms with Gasteiger partial charge in [0.05, 0.1) is 27.9 Å². The fraction of sp³-hybridized carbons (Fsp3) is 0.483. The van der Waals surface area contributed by atoms with Gasteiger partial charge in [0.1, 0.15) is 5.41 Å². The maximum Gasteiger partial charge on any atom is 0.317 e. The standard InChI is InChI=1S/C29H36N2O6S/c1-35-23-11-10-20(16-24(23)36-2)12-14-31-25-9-5-4-6-13-29(25,28(34)37-3)18-21(27(31)33)17-26(32)30-19-22-8-7-15-38-22/h7-11,15-16,21H,4-6,12-14,17-19H2,1-3H3,(H,30,32)/t21-,29+/m1/s1.